The second-order valence-electron chi connectivity index (χ2n) is 17.9. The minimum absolute atomic E-state index is 0.0453. The molecule has 372 valence electrons. The highest BCUT2D eigenvalue weighted by Crippen LogP contribution is 2.17. The van der Waals surface area contributed by atoms with Crippen LogP contribution in [0, 0.1) is 0 Å². The van der Waals surface area contributed by atoms with Gasteiger partial charge in [-0.15, -0.1) is 0 Å². The summed E-state index contributed by atoms with van der Waals surface area (Å²) in [5.41, 5.74) is 0. The molecule has 6 heteroatoms. The van der Waals surface area contributed by atoms with Gasteiger partial charge in [0.2, 0.25) is 5.91 Å². The van der Waals surface area contributed by atoms with Gasteiger partial charge >= 0.3 is 5.97 Å². The number of ether oxygens (including phenoxy) is 1. The zero-order chi connectivity index (χ0) is 47.4. The highest BCUT2D eigenvalue weighted by atomic mass is 16.5. The van der Waals surface area contributed by atoms with Gasteiger partial charge in [-0.2, -0.15) is 0 Å². The molecule has 0 aromatic heterocycles. The summed E-state index contributed by atoms with van der Waals surface area (Å²) in [4.78, 5) is 26.2. The number of unbranched alkanes of at least 4 members (excludes halogenated alkanes) is 21. The number of aliphatic hydroxyl groups excluding tert-OH is 2. The Morgan fingerprint density at radius 3 is 1.43 bits per heavy atom. The Morgan fingerprint density at radius 2 is 0.908 bits per heavy atom. The maximum Gasteiger partial charge on any atom is 0.306 e. The standard InChI is InChI=1S/C59H101NO5/c1-4-7-10-13-16-19-22-25-27-28-29-30-31-34-37-40-43-46-49-52-59(64)65-55(50-47-44-41-38-35-32-24-21-18-15-12-9-6-3)53-58(63)60-56(54-61)57(62)51-48-45-42-39-36-33-26-23-20-17-14-11-8-5-2/h7,9-10,12,15-16,18-19,21,24-25,27,29-30,34,37,55-57,61-62H,4-6,8,11,13-14,17,20,22-23,26,28,31-33,35-36,38-54H2,1-3H3,(H,60,63)/b10-7-,12-9+,18-15+,19-16-,24-21+,27-25-,30-29-,37-34-. The van der Waals surface area contributed by atoms with E-state index in [2.05, 4.69) is 123 Å². The summed E-state index contributed by atoms with van der Waals surface area (Å²) in [5, 5.41) is 23.8. The molecule has 0 aliphatic heterocycles. The third-order valence-electron chi connectivity index (χ3n) is 11.7. The lowest BCUT2D eigenvalue weighted by Crippen LogP contribution is -2.46. The van der Waals surface area contributed by atoms with Gasteiger partial charge in [0.1, 0.15) is 6.10 Å². The number of amides is 1. The Bertz CT molecular complexity index is 1290. The van der Waals surface area contributed by atoms with E-state index in [1.54, 1.807) is 0 Å². The third kappa shape index (κ3) is 47.1. The topological polar surface area (TPSA) is 95.9 Å². The largest absolute Gasteiger partial charge is 0.462 e. The van der Waals surface area contributed by atoms with Crippen LogP contribution in [0.4, 0.5) is 0 Å². The lowest BCUT2D eigenvalue weighted by molar-refractivity contribution is -0.151. The molecular weight excluding hydrogens is 803 g/mol. The number of hydrogen-bond donors (Lipinski definition) is 3. The summed E-state index contributed by atoms with van der Waals surface area (Å²) >= 11 is 0. The summed E-state index contributed by atoms with van der Waals surface area (Å²) < 4.78 is 5.92. The van der Waals surface area contributed by atoms with Crippen molar-refractivity contribution in [3.8, 4) is 0 Å². The molecule has 3 N–H and O–H groups in total. The number of rotatable bonds is 47. The summed E-state index contributed by atoms with van der Waals surface area (Å²) in [6.07, 6.45) is 68.9. The molecule has 0 bridgehead atoms. The van der Waals surface area contributed by atoms with Crippen molar-refractivity contribution in [3.63, 3.8) is 0 Å². The first-order chi connectivity index (χ1) is 32.0. The molecule has 0 aliphatic rings. The number of carbonyl (C=O) groups is 2. The van der Waals surface area contributed by atoms with Crippen molar-refractivity contribution in [3.05, 3.63) is 97.2 Å². The van der Waals surface area contributed by atoms with E-state index >= 15 is 0 Å². The number of allylic oxidation sites excluding steroid dienone is 16. The van der Waals surface area contributed by atoms with E-state index in [1.807, 2.05) is 0 Å². The van der Waals surface area contributed by atoms with Crippen LogP contribution < -0.4 is 5.32 Å². The normalized spacial score (nSPS) is 14.0. The van der Waals surface area contributed by atoms with E-state index in [-0.39, 0.29) is 24.9 Å². The first-order valence-electron chi connectivity index (χ1n) is 27.0. The predicted octanol–water partition coefficient (Wildman–Crippen LogP) is 16.5. The van der Waals surface area contributed by atoms with Crippen LogP contribution in [0.3, 0.4) is 0 Å². The first kappa shape index (κ1) is 61.8. The number of nitrogens with one attached hydrogen (secondary N) is 1. The molecule has 3 unspecified atom stereocenters. The van der Waals surface area contributed by atoms with Crippen molar-refractivity contribution in [2.45, 2.75) is 257 Å². The molecule has 6 nitrogen and oxygen atoms in total. The number of aliphatic hydroxyl groups is 2. The molecule has 3 atom stereocenters. The van der Waals surface area contributed by atoms with Gasteiger partial charge in [0.25, 0.3) is 0 Å². The Labute approximate surface area is 401 Å². The van der Waals surface area contributed by atoms with Crippen LogP contribution in [0.5, 0.6) is 0 Å². The van der Waals surface area contributed by atoms with E-state index in [0.29, 0.717) is 19.3 Å². The van der Waals surface area contributed by atoms with Crippen LogP contribution in [-0.2, 0) is 14.3 Å². The van der Waals surface area contributed by atoms with E-state index < -0.39 is 18.2 Å². The van der Waals surface area contributed by atoms with Crippen LogP contribution in [-0.4, -0.2) is 46.9 Å². The van der Waals surface area contributed by atoms with E-state index in [4.69, 9.17) is 4.74 Å². The molecule has 0 aromatic rings. The minimum Gasteiger partial charge on any atom is -0.462 e. The van der Waals surface area contributed by atoms with Crippen molar-refractivity contribution in [2.24, 2.45) is 0 Å². The second kappa shape index (κ2) is 51.8. The highest BCUT2D eigenvalue weighted by molar-refractivity contribution is 5.77. The predicted molar refractivity (Wildman–Crippen MR) is 282 cm³/mol. The lowest BCUT2D eigenvalue weighted by Gasteiger charge is -2.24. The quantitative estimate of drug-likeness (QED) is 0.0245. The SMILES string of the molecule is CC/C=C\C/C=C\C/C=C\C/C=C\C/C=C\CCCCCC(=O)OC(CCCCCCC/C=C/C=C/C=C/CC)CC(=O)NC(CO)C(O)CCCCCCCCCCCCCCCC. The molecule has 0 aliphatic carbocycles. The smallest absolute Gasteiger partial charge is 0.306 e. The van der Waals surface area contributed by atoms with Crippen molar-refractivity contribution < 1.29 is 24.5 Å². The Hall–Kier alpha value is -3.22. The summed E-state index contributed by atoms with van der Waals surface area (Å²) in [5.74, 6) is -0.537. The summed E-state index contributed by atoms with van der Waals surface area (Å²) in [6, 6.07) is -0.721. The Kier molecular flexibility index (Phi) is 49.2. The average Bonchev–Trinajstić information content (AvgIpc) is 3.30. The maximum atomic E-state index is 13.2. The van der Waals surface area contributed by atoms with Gasteiger partial charge in [0.05, 0.1) is 25.2 Å². The molecule has 1 amide bonds. The summed E-state index contributed by atoms with van der Waals surface area (Å²) in [7, 11) is 0. The van der Waals surface area contributed by atoms with Gasteiger partial charge in [-0.05, 0) is 89.9 Å². The molecule has 65 heavy (non-hydrogen) atoms. The van der Waals surface area contributed by atoms with Gasteiger partial charge in [0, 0.05) is 6.42 Å². The fourth-order valence-corrected chi connectivity index (χ4v) is 7.69. The van der Waals surface area contributed by atoms with E-state index in [9.17, 15) is 19.8 Å². The third-order valence-corrected chi connectivity index (χ3v) is 11.7. The molecule has 0 heterocycles. The molecule has 0 saturated carbocycles. The van der Waals surface area contributed by atoms with Gasteiger partial charge < -0.3 is 20.3 Å². The lowest BCUT2D eigenvalue weighted by atomic mass is 10.0. The van der Waals surface area contributed by atoms with Crippen LogP contribution in [0.2, 0.25) is 0 Å². The van der Waals surface area contributed by atoms with Crippen molar-refractivity contribution >= 4 is 11.9 Å². The maximum absolute atomic E-state index is 13.2. The Morgan fingerprint density at radius 1 is 0.477 bits per heavy atom. The fourth-order valence-electron chi connectivity index (χ4n) is 7.69. The first-order valence-corrected chi connectivity index (χ1v) is 27.0. The Balaban J connectivity index is 4.64. The minimum atomic E-state index is -0.805. The van der Waals surface area contributed by atoms with Gasteiger partial charge in [-0.25, -0.2) is 0 Å². The zero-order valence-electron chi connectivity index (χ0n) is 42.3. The molecule has 0 rings (SSSR count). The van der Waals surface area contributed by atoms with Crippen LogP contribution in [0.1, 0.15) is 239 Å². The highest BCUT2D eigenvalue weighted by Gasteiger charge is 2.24. The number of carbonyl (C=O) groups excluding carboxylic acids is 2. The fraction of sp³-hybridized carbons (Fsp3) is 0.695. The molecular formula is C59H101NO5. The zero-order valence-corrected chi connectivity index (χ0v) is 42.3. The number of hydrogen-bond acceptors (Lipinski definition) is 5. The molecule has 0 spiro atoms. The number of esters is 1. The van der Waals surface area contributed by atoms with Crippen molar-refractivity contribution in [1.29, 1.82) is 0 Å². The van der Waals surface area contributed by atoms with E-state index in [1.165, 1.54) is 70.6 Å². The van der Waals surface area contributed by atoms with E-state index in [0.717, 1.165) is 122 Å². The van der Waals surface area contributed by atoms with Crippen LogP contribution in [0.25, 0.3) is 0 Å². The summed E-state index contributed by atoms with van der Waals surface area (Å²) in [6.45, 7) is 6.23. The average molecular weight is 904 g/mol. The van der Waals surface area contributed by atoms with Gasteiger partial charge in [0.15, 0.2) is 0 Å². The van der Waals surface area contributed by atoms with Crippen molar-refractivity contribution in [2.75, 3.05) is 6.61 Å². The van der Waals surface area contributed by atoms with Gasteiger partial charge in [-0.1, -0.05) is 234 Å². The molecule has 0 aromatic carbocycles. The van der Waals surface area contributed by atoms with Crippen LogP contribution in [0.15, 0.2) is 97.2 Å². The van der Waals surface area contributed by atoms with Gasteiger partial charge in [-0.3, -0.25) is 9.59 Å². The second-order valence-corrected chi connectivity index (χ2v) is 17.9. The molecule has 0 fully saturated rings. The van der Waals surface area contributed by atoms with Crippen LogP contribution >= 0.6 is 0 Å². The molecule has 0 saturated heterocycles. The monoisotopic (exact) mass is 904 g/mol. The van der Waals surface area contributed by atoms with Crippen molar-refractivity contribution in [1.82, 2.24) is 5.32 Å². The molecule has 0 radical (unpaired) electrons.